The number of nitrogens with zero attached hydrogens (tertiary/aromatic N) is 5. The van der Waals surface area contributed by atoms with Gasteiger partial charge >= 0.3 is 0 Å². The van der Waals surface area contributed by atoms with Gasteiger partial charge in [0.2, 0.25) is 0 Å². The van der Waals surface area contributed by atoms with Gasteiger partial charge in [-0.25, -0.2) is 0 Å². The summed E-state index contributed by atoms with van der Waals surface area (Å²) >= 11 is 0. The molecule has 2 aliphatic heterocycles. The molecule has 2 aliphatic rings. The smallest absolute Gasteiger partial charge is 0.159 e. The fourth-order valence-electron chi connectivity index (χ4n) is 3.50. The summed E-state index contributed by atoms with van der Waals surface area (Å²) in [4.78, 5) is 7.41. The van der Waals surface area contributed by atoms with Crippen molar-refractivity contribution in [2.45, 2.75) is 13.0 Å². The second-order valence-corrected chi connectivity index (χ2v) is 6.55. The molecule has 0 atom stereocenters. The molecule has 1 aromatic heterocycles. The molecule has 0 saturated carbocycles. The molecule has 0 aliphatic carbocycles. The first-order chi connectivity index (χ1) is 10.7. The summed E-state index contributed by atoms with van der Waals surface area (Å²) in [6, 6.07) is 9.14. The highest BCUT2D eigenvalue weighted by Gasteiger charge is 2.34. The van der Waals surface area contributed by atoms with Crippen LogP contribution in [0.25, 0.3) is 10.8 Å². The number of rotatable bonds is 2. The van der Waals surface area contributed by atoms with Crippen LogP contribution < -0.4 is 4.90 Å². The van der Waals surface area contributed by atoms with Gasteiger partial charge in [-0.2, -0.15) is 5.10 Å². The average Bonchev–Trinajstić information content (AvgIpc) is 2.50. The summed E-state index contributed by atoms with van der Waals surface area (Å²) in [5.41, 5.74) is 1.01. The average molecular weight is 297 g/mol. The highest BCUT2D eigenvalue weighted by molar-refractivity contribution is 5.93. The Morgan fingerprint density at radius 2 is 1.64 bits per heavy atom. The van der Waals surface area contributed by atoms with Crippen LogP contribution >= 0.6 is 0 Å². The lowest BCUT2D eigenvalue weighted by Crippen LogP contribution is -2.63. The Morgan fingerprint density at radius 3 is 2.36 bits per heavy atom. The van der Waals surface area contributed by atoms with E-state index in [4.69, 9.17) is 0 Å². The van der Waals surface area contributed by atoms with E-state index in [0.29, 0.717) is 6.04 Å². The molecule has 116 valence electrons. The molecule has 1 aromatic carbocycles. The number of hydrogen-bond donors (Lipinski definition) is 0. The third-order valence-corrected chi connectivity index (χ3v) is 5.07. The Bertz CT molecular complexity index is 672. The Kier molecular flexibility index (Phi) is 3.47. The number of benzene rings is 1. The van der Waals surface area contributed by atoms with Crippen LogP contribution in [0.2, 0.25) is 0 Å². The normalized spacial score (nSPS) is 21.3. The zero-order valence-electron chi connectivity index (χ0n) is 13.4. The van der Waals surface area contributed by atoms with Crippen LogP contribution in [0.4, 0.5) is 5.82 Å². The number of aromatic nitrogens is 2. The molecule has 0 amide bonds. The van der Waals surface area contributed by atoms with Crippen LogP contribution in [0, 0.1) is 6.92 Å². The number of fused-ring (bicyclic) bond motifs is 1. The largest absolute Gasteiger partial charge is 0.351 e. The topological polar surface area (TPSA) is 35.5 Å². The Balaban J connectivity index is 1.50. The first-order valence-corrected chi connectivity index (χ1v) is 8.12. The molecule has 2 aromatic rings. The van der Waals surface area contributed by atoms with E-state index in [2.05, 4.69) is 56.2 Å². The van der Waals surface area contributed by atoms with E-state index in [1.807, 2.05) is 6.92 Å². The highest BCUT2D eigenvalue weighted by atomic mass is 15.4. The molecule has 5 heteroatoms. The monoisotopic (exact) mass is 297 g/mol. The second kappa shape index (κ2) is 5.48. The van der Waals surface area contributed by atoms with Crippen molar-refractivity contribution in [2.24, 2.45) is 0 Å². The van der Waals surface area contributed by atoms with E-state index in [1.54, 1.807) is 0 Å². The maximum Gasteiger partial charge on any atom is 0.159 e. The molecule has 0 radical (unpaired) electrons. The zero-order chi connectivity index (χ0) is 15.1. The van der Waals surface area contributed by atoms with Crippen LogP contribution in [0.5, 0.6) is 0 Å². The predicted octanol–water partition coefficient (Wildman–Crippen LogP) is 1.37. The molecule has 0 unspecified atom stereocenters. The first-order valence-electron chi connectivity index (χ1n) is 8.12. The maximum absolute atomic E-state index is 4.47. The van der Waals surface area contributed by atoms with Crippen LogP contribution in [0.15, 0.2) is 24.3 Å². The van der Waals surface area contributed by atoms with Crippen molar-refractivity contribution in [1.82, 2.24) is 20.0 Å². The van der Waals surface area contributed by atoms with Crippen molar-refractivity contribution in [3.8, 4) is 0 Å². The zero-order valence-corrected chi connectivity index (χ0v) is 13.4. The van der Waals surface area contributed by atoms with Crippen molar-refractivity contribution in [3.05, 3.63) is 30.0 Å². The molecule has 2 fully saturated rings. The van der Waals surface area contributed by atoms with Gasteiger partial charge in [0.05, 0.1) is 5.69 Å². The second-order valence-electron chi connectivity index (χ2n) is 6.55. The number of anilines is 1. The van der Waals surface area contributed by atoms with Crippen molar-refractivity contribution in [1.29, 1.82) is 0 Å². The molecule has 2 saturated heterocycles. The number of hydrogen-bond acceptors (Lipinski definition) is 5. The molecular formula is C17H23N5. The van der Waals surface area contributed by atoms with Gasteiger partial charge in [-0.05, 0) is 14.0 Å². The minimum Gasteiger partial charge on any atom is -0.351 e. The lowest BCUT2D eigenvalue weighted by Gasteiger charge is -2.48. The third-order valence-electron chi connectivity index (χ3n) is 5.07. The molecule has 5 nitrogen and oxygen atoms in total. The molecule has 0 bridgehead atoms. The molecule has 4 rings (SSSR count). The summed E-state index contributed by atoms with van der Waals surface area (Å²) in [5.74, 6) is 1.05. The Labute approximate surface area is 131 Å². The van der Waals surface area contributed by atoms with E-state index in [-0.39, 0.29) is 0 Å². The maximum atomic E-state index is 4.47. The van der Waals surface area contributed by atoms with Gasteiger partial charge in [0.25, 0.3) is 0 Å². The quantitative estimate of drug-likeness (QED) is 0.837. The first kappa shape index (κ1) is 13.9. The van der Waals surface area contributed by atoms with Gasteiger partial charge in [-0.3, -0.25) is 4.90 Å². The molecule has 0 spiro atoms. The molecule has 3 heterocycles. The Morgan fingerprint density at radius 1 is 0.955 bits per heavy atom. The van der Waals surface area contributed by atoms with E-state index >= 15 is 0 Å². The van der Waals surface area contributed by atoms with Crippen LogP contribution in [0.3, 0.4) is 0 Å². The summed E-state index contributed by atoms with van der Waals surface area (Å²) in [6.45, 7) is 8.93. The Hall–Kier alpha value is -1.72. The van der Waals surface area contributed by atoms with Gasteiger partial charge < -0.3 is 9.80 Å². The SMILES string of the molecule is Cc1nnc(N2CC(N3CCN(C)CC3)C2)c2ccccc12. The molecular weight excluding hydrogens is 274 g/mol. The van der Waals surface area contributed by atoms with Crippen LogP contribution in [-0.4, -0.2) is 72.4 Å². The van der Waals surface area contributed by atoms with E-state index < -0.39 is 0 Å². The number of likely N-dealkylation sites (N-methyl/N-ethyl adjacent to an activating group) is 1. The summed E-state index contributed by atoms with van der Waals surface area (Å²) in [5, 5.41) is 11.3. The fourth-order valence-corrected chi connectivity index (χ4v) is 3.50. The van der Waals surface area contributed by atoms with Crippen LogP contribution in [0.1, 0.15) is 5.69 Å². The van der Waals surface area contributed by atoms with Crippen molar-refractivity contribution >= 4 is 16.6 Å². The van der Waals surface area contributed by atoms with Gasteiger partial charge in [-0.1, -0.05) is 24.3 Å². The van der Waals surface area contributed by atoms with Gasteiger partial charge in [-0.15, -0.1) is 5.10 Å². The third kappa shape index (κ3) is 2.34. The predicted molar refractivity (Wildman–Crippen MR) is 89.3 cm³/mol. The fraction of sp³-hybridized carbons (Fsp3) is 0.529. The lowest BCUT2D eigenvalue weighted by molar-refractivity contribution is 0.0961. The summed E-state index contributed by atoms with van der Waals surface area (Å²) in [6.07, 6.45) is 0. The number of aryl methyl sites for hydroxylation is 1. The summed E-state index contributed by atoms with van der Waals surface area (Å²) in [7, 11) is 2.21. The minimum absolute atomic E-state index is 0.676. The van der Waals surface area contributed by atoms with Crippen molar-refractivity contribution in [2.75, 3.05) is 51.2 Å². The van der Waals surface area contributed by atoms with E-state index in [0.717, 1.165) is 24.6 Å². The number of piperazine rings is 1. The van der Waals surface area contributed by atoms with E-state index in [9.17, 15) is 0 Å². The minimum atomic E-state index is 0.676. The lowest BCUT2D eigenvalue weighted by atomic mass is 10.0. The summed E-state index contributed by atoms with van der Waals surface area (Å²) < 4.78 is 0. The molecule has 0 N–H and O–H groups in total. The van der Waals surface area contributed by atoms with Gasteiger partial charge in [0, 0.05) is 56.1 Å². The standard InChI is InChI=1S/C17H23N5/c1-13-15-5-3-4-6-16(15)17(19-18-13)22-11-14(12-22)21-9-7-20(2)8-10-21/h3-6,14H,7-12H2,1-2H3. The van der Waals surface area contributed by atoms with Gasteiger partial charge in [0.15, 0.2) is 5.82 Å². The van der Waals surface area contributed by atoms with Crippen molar-refractivity contribution in [3.63, 3.8) is 0 Å². The highest BCUT2D eigenvalue weighted by Crippen LogP contribution is 2.29. The van der Waals surface area contributed by atoms with E-state index in [1.165, 1.54) is 37.0 Å². The molecule has 22 heavy (non-hydrogen) atoms. The van der Waals surface area contributed by atoms with Gasteiger partial charge in [0.1, 0.15) is 0 Å². The van der Waals surface area contributed by atoms with Crippen molar-refractivity contribution < 1.29 is 0 Å². The van der Waals surface area contributed by atoms with Crippen LogP contribution in [-0.2, 0) is 0 Å².